The molecule has 1 saturated heterocycles. The Morgan fingerprint density at radius 1 is 1.15 bits per heavy atom. The van der Waals surface area contributed by atoms with Crippen molar-refractivity contribution in [3.8, 4) is 0 Å². The molecule has 0 saturated carbocycles. The highest BCUT2D eigenvalue weighted by atomic mass is 19.4. The lowest BCUT2D eigenvalue weighted by atomic mass is 9.91. The van der Waals surface area contributed by atoms with Crippen LogP contribution in [0.25, 0.3) is 0 Å². The van der Waals surface area contributed by atoms with Crippen molar-refractivity contribution < 1.29 is 27.6 Å². The van der Waals surface area contributed by atoms with Gasteiger partial charge in [0, 0.05) is 12.5 Å². The third kappa shape index (κ3) is 6.06. The summed E-state index contributed by atoms with van der Waals surface area (Å²) in [5.41, 5.74) is 0.879. The van der Waals surface area contributed by atoms with E-state index in [1.807, 2.05) is 30.3 Å². The van der Waals surface area contributed by atoms with Crippen molar-refractivity contribution in [1.82, 2.24) is 15.5 Å². The number of hydrogen-bond acceptors (Lipinski definition) is 4. The van der Waals surface area contributed by atoms with Crippen LogP contribution in [0.1, 0.15) is 25.3 Å². The predicted molar refractivity (Wildman–Crippen MR) is 91.6 cm³/mol. The van der Waals surface area contributed by atoms with Crippen molar-refractivity contribution in [2.75, 3.05) is 13.1 Å². The summed E-state index contributed by atoms with van der Waals surface area (Å²) in [7, 11) is 0. The largest absolute Gasteiger partial charge is 0.450 e. The lowest BCUT2D eigenvalue weighted by molar-refractivity contribution is -0.177. The fourth-order valence-corrected chi connectivity index (χ4v) is 2.98. The van der Waals surface area contributed by atoms with Crippen LogP contribution in [-0.2, 0) is 16.1 Å². The van der Waals surface area contributed by atoms with Crippen LogP contribution in [0.2, 0.25) is 0 Å². The summed E-state index contributed by atoms with van der Waals surface area (Å²) in [4.78, 5) is 37.0. The molecule has 2 rings (SSSR count). The Kier molecular flexibility index (Phi) is 6.95. The second-order valence-corrected chi connectivity index (χ2v) is 6.51. The van der Waals surface area contributed by atoms with E-state index in [1.54, 1.807) is 11.8 Å². The molecule has 2 N–H and O–H groups in total. The zero-order valence-corrected chi connectivity index (χ0v) is 14.9. The van der Waals surface area contributed by atoms with E-state index < -0.39 is 35.9 Å². The van der Waals surface area contributed by atoms with Crippen molar-refractivity contribution in [3.05, 3.63) is 35.9 Å². The number of amides is 3. The number of Topliss-reactive ketones (excluding diaryl/α,β-unsaturated/α-hetero) is 1. The van der Waals surface area contributed by atoms with Crippen molar-refractivity contribution in [3.63, 3.8) is 0 Å². The smallest absolute Gasteiger partial charge is 0.334 e. The summed E-state index contributed by atoms with van der Waals surface area (Å²) < 4.78 is 37.5. The van der Waals surface area contributed by atoms with Gasteiger partial charge in [0.25, 0.3) is 0 Å². The topological polar surface area (TPSA) is 78.5 Å². The van der Waals surface area contributed by atoms with E-state index in [-0.39, 0.29) is 32.5 Å². The van der Waals surface area contributed by atoms with Gasteiger partial charge in [-0.05, 0) is 38.4 Å². The molecule has 0 aromatic heterocycles. The van der Waals surface area contributed by atoms with Gasteiger partial charge in [-0.3, -0.25) is 19.8 Å². The lowest BCUT2D eigenvalue weighted by Crippen LogP contribution is -2.52. The minimum atomic E-state index is -4.83. The summed E-state index contributed by atoms with van der Waals surface area (Å²) in [6.07, 6.45) is -4.75. The van der Waals surface area contributed by atoms with E-state index in [1.165, 1.54) is 0 Å². The molecule has 1 heterocycles. The average molecular weight is 385 g/mol. The van der Waals surface area contributed by atoms with Crippen molar-refractivity contribution in [2.24, 2.45) is 5.92 Å². The normalized spacial score (nSPS) is 17.2. The molecule has 148 valence electrons. The zero-order valence-electron chi connectivity index (χ0n) is 14.9. The molecule has 1 aromatic carbocycles. The summed E-state index contributed by atoms with van der Waals surface area (Å²) in [5.74, 6) is -3.31. The summed E-state index contributed by atoms with van der Waals surface area (Å²) in [5, 5.41) is 4.80. The highest BCUT2D eigenvalue weighted by Crippen LogP contribution is 2.28. The standard InChI is InChI=1S/C18H22F3N3O3/c1-12(24-9-7-14(8-10-24)15(25)18(19,20)21)16(26)23-17(27)22-11-13-5-3-2-4-6-13/h2-6,12,14H,7-11H2,1H3,(H2,22,23,26,27)/t12-/m1/s1. The highest BCUT2D eigenvalue weighted by Gasteiger charge is 2.44. The maximum Gasteiger partial charge on any atom is 0.450 e. The highest BCUT2D eigenvalue weighted by molar-refractivity contribution is 5.96. The second kappa shape index (κ2) is 8.98. The Hall–Kier alpha value is -2.42. The fourth-order valence-electron chi connectivity index (χ4n) is 2.98. The van der Waals surface area contributed by atoms with Gasteiger partial charge in [-0.1, -0.05) is 30.3 Å². The first-order valence-electron chi connectivity index (χ1n) is 8.66. The number of likely N-dealkylation sites (tertiary alicyclic amines) is 1. The van der Waals surface area contributed by atoms with Crippen molar-refractivity contribution >= 4 is 17.7 Å². The minimum Gasteiger partial charge on any atom is -0.334 e. The number of hydrogen-bond donors (Lipinski definition) is 2. The van der Waals surface area contributed by atoms with E-state index in [0.717, 1.165) is 5.56 Å². The Morgan fingerprint density at radius 2 is 1.74 bits per heavy atom. The van der Waals surface area contributed by atoms with Crippen LogP contribution in [0, 0.1) is 5.92 Å². The number of imide groups is 1. The van der Waals surface area contributed by atoms with Crippen LogP contribution >= 0.6 is 0 Å². The molecule has 1 aromatic rings. The van der Waals surface area contributed by atoms with Gasteiger partial charge in [-0.15, -0.1) is 0 Å². The van der Waals surface area contributed by atoms with Crippen LogP contribution in [0.3, 0.4) is 0 Å². The Labute approximate surface area is 155 Å². The first-order chi connectivity index (χ1) is 12.7. The Morgan fingerprint density at radius 3 is 2.30 bits per heavy atom. The summed E-state index contributed by atoms with van der Waals surface area (Å²) >= 11 is 0. The number of nitrogens with one attached hydrogen (secondary N) is 2. The number of benzene rings is 1. The molecule has 1 fully saturated rings. The van der Waals surface area contributed by atoms with Crippen LogP contribution < -0.4 is 10.6 Å². The van der Waals surface area contributed by atoms with Gasteiger partial charge in [0.05, 0.1) is 6.04 Å². The van der Waals surface area contributed by atoms with Gasteiger partial charge in [-0.25, -0.2) is 4.79 Å². The van der Waals surface area contributed by atoms with Gasteiger partial charge < -0.3 is 5.32 Å². The van der Waals surface area contributed by atoms with Crippen LogP contribution in [0.5, 0.6) is 0 Å². The minimum absolute atomic E-state index is 0.0379. The van der Waals surface area contributed by atoms with Crippen LogP contribution in [-0.4, -0.2) is 47.9 Å². The SMILES string of the molecule is C[C@H](C(=O)NC(=O)NCc1ccccc1)N1CCC(C(=O)C(F)(F)F)CC1. The molecule has 6 nitrogen and oxygen atoms in total. The van der Waals surface area contributed by atoms with E-state index in [0.29, 0.717) is 0 Å². The molecular formula is C18H22F3N3O3. The van der Waals surface area contributed by atoms with Crippen LogP contribution in [0.15, 0.2) is 30.3 Å². The van der Waals surface area contributed by atoms with E-state index in [4.69, 9.17) is 0 Å². The number of carbonyl (C=O) groups is 3. The van der Waals surface area contributed by atoms with Gasteiger partial charge in [0.15, 0.2) is 0 Å². The third-order valence-electron chi connectivity index (χ3n) is 4.64. The van der Waals surface area contributed by atoms with E-state index in [2.05, 4.69) is 10.6 Å². The molecular weight excluding hydrogens is 363 g/mol. The number of carbonyl (C=O) groups excluding carboxylic acids is 3. The molecule has 9 heteroatoms. The van der Waals surface area contributed by atoms with Crippen LogP contribution in [0.4, 0.5) is 18.0 Å². The summed E-state index contributed by atoms with van der Waals surface area (Å²) in [6.45, 7) is 2.21. The number of piperidine rings is 1. The molecule has 1 aliphatic rings. The fraction of sp³-hybridized carbons (Fsp3) is 0.500. The van der Waals surface area contributed by atoms with Gasteiger partial charge in [0.1, 0.15) is 0 Å². The molecule has 0 spiro atoms. The number of urea groups is 1. The van der Waals surface area contributed by atoms with Crippen molar-refractivity contribution in [1.29, 1.82) is 0 Å². The predicted octanol–water partition coefficient (Wildman–Crippen LogP) is 2.24. The second-order valence-electron chi connectivity index (χ2n) is 6.51. The number of rotatable bonds is 5. The van der Waals surface area contributed by atoms with Gasteiger partial charge in [0.2, 0.25) is 11.7 Å². The number of alkyl halides is 3. The number of nitrogens with zero attached hydrogens (tertiary/aromatic N) is 1. The monoisotopic (exact) mass is 385 g/mol. The zero-order chi connectivity index (χ0) is 20.0. The quantitative estimate of drug-likeness (QED) is 0.815. The molecule has 0 radical (unpaired) electrons. The molecule has 1 atom stereocenters. The van der Waals surface area contributed by atoms with E-state index in [9.17, 15) is 27.6 Å². The third-order valence-corrected chi connectivity index (χ3v) is 4.64. The molecule has 3 amide bonds. The molecule has 0 aliphatic carbocycles. The average Bonchev–Trinajstić information content (AvgIpc) is 2.65. The first kappa shape index (κ1) is 20.9. The van der Waals surface area contributed by atoms with Gasteiger partial charge in [-0.2, -0.15) is 13.2 Å². The first-order valence-corrected chi connectivity index (χ1v) is 8.66. The molecule has 0 bridgehead atoms. The molecule has 0 unspecified atom stereocenters. The Balaban J connectivity index is 1.77. The Bertz CT molecular complexity index is 671. The van der Waals surface area contributed by atoms with Crippen molar-refractivity contribution in [2.45, 2.75) is 38.5 Å². The molecule has 1 aliphatic heterocycles. The maximum atomic E-state index is 12.5. The lowest BCUT2D eigenvalue weighted by Gasteiger charge is -2.34. The summed E-state index contributed by atoms with van der Waals surface area (Å²) in [6, 6.07) is 7.84. The number of halogens is 3. The number of ketones is 1. The van der Waals surface area contributed by atoms with E-state index >= 15 is 0 Å². The maximum absolute atomic E-state index is 12.5. The van der Waals surface area contributed by atoms with Gasteiger partial charge >= 0.3 is 12.2 Å². The molecule has 27 heavy (non-hydrogen) atoms.